The second-order valence-electron chi connectivity index (χ2n) is 8.03. The Kier molecular flexibility index (Phi) is 5.20. The lowest BCUT2D eigenvalue weighted by Crippen LogP contribution is -2.54. The van der Waals surface area contributed by atoms with Crippen molar-refractivity contribution in [3.63, 3.8) is 0 Å². The SMILES string of the molecule is C[C@H]1CN(C(=O)Cc2ccc(C3(O)CCC3)cc2)CCN1c1ccc(C#N)nn1. The highest BCUT2D eigenvalue weighted by atomic mass is 16.3. The first-order chi connectivity index (χ1) is 14.0. The van der Waals surface area contributed by atoms with E-state index < -0.39 is 5.60 Å². The molecule has 1 atom stereocenters. The number of piperazine rings is 1. The minimum atomic E-state index is -0.664. The second kappa shape index (κ2) is 7.80. The number of carbonyl (C=O) groups excluding carboxylic acids is 1. The van der Waals surface area contributed by atoms with E-state index in [0.29, 0.717) is 31.7 Å². The third-order valence-electron chi connectivity index (χ3n) is 6.07. The van der Waals surface area contributed by atoms with Gasteiger partial charge in [-0.3, -0.25) is 4.79 Å². The standard InChI is InChI=1S/C22H25N5O2/c1-16-15-26(11-12-27(16)20-8-7-19(14-23)24-25-20)21(28)13-17-3-5-18(6-4-17)22(29)9-2-10-22/h3-8,16,29H,2,9-13,15H2,1H3/t16-/m0/s1. The Morgan fingerprint density at radius 2 is 1.97 bits per heavy atom. The number of anilines is 1. The van der Waals surface area contributed by atoms with Crippen LogP contribution in [0.3, 0.4) is 0 Å². The third-order valence-corrected chi connectivity index (χ3v) is 6.07. The number of hydrogen-bond acceptors (Lipinski definition) is 6. The smallest absolute Gasteiger partial charge is 0.227 e. The minimum Gasteiger partial charge on any atom is -0.385 e. The first-order valence-corrected chi connectivity index (χ1v) is 10.1. The summed E-state index contributed by atoms with van der Waals surface area (Å²) in [5.41, 5.74) is 1.55. The Morgan fingerprint density at radius 3 is 2.52 bits per heavy atom. The van der Waals surface area contributed by atoms with Crippen LogP contribution in [0.2, 0.25) is 0 Å². The highest BCUT2D eigenvalue weighted by Gasteiger charge is 2.36. The molecule has 1 aliphatic heterocycles. The molecule has 2 heterocycles. The number of rotatable bonds is 4. The van der Waals surface area contributed by atoms with Gasteiger partial charge in [0.1, 0.15) is 6.07 Å². The van der Waals surface area contributed by atoms with E-state index in [1.165, 1.54) is 0 Å². The third kappa shape index (κ3) is 3.94. The van der Waals surface area contributed by atoms with Gasteiger partial charge in [0, 0.05) is 25.7 Å². The van der Waals surface area contributed by atoms with Crippen LogP contribution in [0.4, 0.5) is 5.82 Å². The number of aromatic nitrogens is 2. The Morgan fingerprint density at radius 1 is 1.21 bits per heavy atom. The number of carbonyl (C=O) groups is 1. The minimum absolute atomic E-state index is 0.109. The Labute approximate surface area is 170 Å². The number of nitriles is 1. The zero-order valence-corrected chi connectivity index (χ0v) is 16.6. The zero-order chi connectivity index (χ0) is 20.4. The van der Waals surface area contributed by atoms with Crippen LogP contribution in [0.1, 0.15) is 43.0 Å². The van der Waals surface area contributed by atoms with Crippen LogP contribution < -0.4 is 4.90 Å². The molecule has 0 bridgehead atoms. The molecule has 0 spiro atoms. The molecule has 7 heteroatoms. The summed E-state index contributed by atoms with van der Waals surface area (Å²) in [5, 5.41) is 27.3. The number of aliphatic hydroxyl groups is 1. The number of benzene rings is 1. The van der Waals surface area contributed by atoms with Gasteiger partial charge in [-0.05, 0) is 49.4 Å². The number of amides is 1. The van der Waals surface area contributed by atoms with Gasteiger partial charge >= 0.3 is 0 Å². The van der Waals surface area contributed by atoms with E-state index in [2.05, 4.69) is 22.0 Å². The summed E-state index contributed by atoms with van der Waals surface area (Å²) in [4.78, 5) is 16.8. The van der Waals surface area contributed by atoms with Crippen LogP contribution in [0.15, 0.2) is 36.4 Å². The molecule has 0 radical (unpaired) electrons. The maximum absolute atomic E-state index is 12.8. The summed E-state index contributed by atoms with van der Waals surface area (Å²) in [6, 6.07) is 13.4. The quantitative estimate of drug-likeness (QED) is 0.857. The highest BCUT2D eigenvalue weighted by Crippen LogP contribution is 2.40. The van der Waals surface area contributed by atoms with Gasteiger partial charge in [0.05, 0.1) is 12.0 Å². The Balaban J connectivity index is 1.35. The van der Waals surface area contributed by atoms with E-state index in [9.17, 15) is 9.90 Å². The van der Waals surface area contributed by atoms with Gasteiger partial charge < -0.3 is 14.9 Å². The maximum atomic E-state index is 12.8. The van der Waals surface area contributed by atoms with Gasteiger partial charge in [-0.15, -0.1) is 10.2 Å². The van der Waals surface area contributed by atoms with Crippen molar-refractivity contribution in [3.8, 4) is 6.07 Å². The fourth-order valence-corrected chi connectivity index (χ4v) is 4.08. The molecule has 150 valence electrons. The van der Waals surface area contributed by atoms with Crippen molar-refractivity contribution in [3.05, 3.63) is 53.2 Å². The largest absolute Gasteiger partial charge is 0.385 e. The average molecular weight is 391 g/mol. The molecule has 1 aromatic heterocycles. The second-order valence-corrected chi connectivity index (χ2v) is 8.03. The van der Waals surface area contributed by atoms with Crippen LogP contribution in [0.25, 0.3) is 0 Å². The topological polar surface area (TPSA) is 93.4 Å². The Hall–Kier alpha value is -2.98. The van der Waals surface area contributed by atoms with Crippen molar-refractivity contribution in [1.29, 1.82) is 5.26 Å². The highest BCUT2D eigenvalue weighted by molar-refractivity contribution is 5.79. The molecule has 2 aromatic rings. The van der Waals surface area contributed by atoms with Crippen molar-refractivity contribution in [2.45, 2.75) is 44.2 Å². The summed E-state index contributed by atoms with van der Waals surface area (Å²) < 4.78 is 0. The molecule has 2 aliphatic rings. The molecule has 1 amide bonds. The molecule has 7 nitrogen and oxygen atoms in total. The van der Waals surface area contributed by atoms with E-state index >= 15 is 0 Å². The van der Waals surface area contributed by atoms with Crippen molar-refractivity contribution >= 4 is 11.7 Å². The van der Waals surface area contributed by atoms with Crippen molar-refractivity contribution in [2.75, 3.05) is 24.5 Å². The maximum Gasteiger partial charge on any atom is 0.227 e. The molecule has 1 N–H and O–H groups in total. The fourth-order valence-electron chi connectivity index (χ4n) is 4.08. The van der Waals surface area contributed by atoms with Crippen LogP contribution in [0, 0.1) is 11.3 Å². The van der Waals surface area contributed by atoms with E-state index in [4.69, 9.17) is 5.26 Å². The molecular weight excluding hydrogens is 366 g/mol. The van der Waals surface area contributed by atoms with Crippen molar-refractivity contribution < 1.29 is 9.90 Å². The van der Waals surface area contributed by atoms with Gasteiger partial charge in [0.15, 0.2) is 11.5 Å². The molecule has 0 unspecified atom stereocenters. The summed E-state index contributed by atoms with van der Waals surface area (Å²) in [6.45, 7) is 3.99. The van der Waals surface area contributed by atoms with Gasteiger partial charge in [0.25, 0.3) is 0 Å². The molecule has 1 aliphatic carbocycles. The van der Waals surface area contributed by atoms with Gasteiger partial charge in [-0.2, -0.15) is 5.26 Å². The van der Waals surface area contributed by atoms with E-state index in [1.807, 2.05) is 35.2 Å². The molecule has 1 saturated carbocycles. The molecule has 29 heavy (non-hydrogen) atoms. The average Bonchev–Trinajstić information content (AvgIpc) is 2.72. The van der Waals surface area contributed by atoms with Crippen LogP contribution in [-0.4, -0.2) is 51.8 Å². The van der Waals surface area contributed by atoms with Gasteiger partial charge in [0.2, 0.25) is 5.91 Å². The summed E-state index contributed by atoms with van der Waals surface area (Å²) in [5.74, 6) is 0.839. The summed E-state index contributed by atoms with van der Waals surface area (Å²) in [6.07, 6.45) is 3.06. The van der Waals surface area contributed by atoms with Crippen LogP contribution >= 0.6 is 0 Å². The first-order valence-electron chi connectivity index (χ1n) is 10.1. The van der Waals surface area contributed by atoms with Crippen molar-refractivity contribution in [1.82, 2.24) is 15.1 Å². The van der Waals surface area contributed by atoms with Gasteiger partial charge in [-0.1, -0.05) is 24.3 Å². The normalized spacial score (nSPS) is 20.7. The first kappa shape index (κ1) is 19.3. The molecule has 1 aromatic carbocycles. The van der Waals surface area contributed by atoms with E-state index in [-0.39, 0.29) is 11.9 Å². The predicted octanol–water partition coefficient (Wildman–Crippen LogP) is 2.00. The molecular formula is C22H25N5O2. The van der Waals surface area contributed by atoms with Crippen LogP contribution in [0.5, 0.6) is 0 Å². The fraction of sp³-hybridized carbons (Fsp3) is 0.455. The Bertz CT molecular complexity index is 916. The number of hydrogen-bond donors (Lipinski definition) is 1. The van der Waals surface area contributed by atoms with E-state index in [0.717, 1.165) is 36.2 Å². The zero-order valence-electron chi connectivity index (χ0n) is 16.6. The lowest BCUT2D eigenvalue weighted by molar-refractivity contribution is -0.131. The predicted molar refractivity (Wildman–Crippen MR) is 108 cm³/mol. The van der Waals surface area contributed by atoms with Crippen LogP contribution in [-0.2, 0) is 16.8 Å². The van der Waals surface area contributed by atoms with Gasteiger partial charge in [-0.25, -0.2) is 0 Å². The lowest BCUT2D eigenvalue weighted by atomic mass is 9.75. The monoisotopic (exact) mass is 391 g/mol. The number of nitrogens with zero attached hydrogens (tertiary/aromatic N) is 5. The molecule has 1 saturated heterocycles. The van der Waals surface area contributed by atoms with Crippen molar-refractivity contribution in [2.24, 2.45) is 0 Å². The molecule has 4 rings (SSSR count). The molecule has 2 fully saturated rings. The summed E-state index contributed by atoms with van der Waals surface area (Å²) in [7, 11) is 0. The van der Waals surface area contributed by atoms with E-state index in [1.54, 1.807) is 12.1 Å². The summed E-state index contributed by atoms with van der Waals surface area (Å²) >= 11 is 0. The lowest BCUT2D eigenvalue weighted by Gasteiger charge is -2.40.